The van der Waals surface area contributed by atoms with Crippen molar-refractivity contribution in [2.24, 2.45) is 0 Å². The van der Waals surface area contributed by atoms with E-state index < -0.39 is 0 Å². The van der Waals surface area contributed by atoms with Gasteiger partial charge in [0.25, 0.3) is 0 Å². The monoisotopic (exact) mass is 515 g/mol. The molecule has 7 nitrogen and oxygen atoms in total. The number of H-pyrrole nitrogens is 1. The Kier molecular flexibility index (Phi) is 6.95. The van der Waals surface area contributed by atoms with Crippen LogP contribution in [0.15, 0.2) is 59.3 Å². The normalized spacial score (nSPS) is 18.3. The highest BCUT2D eigenvalue weighted by molar-refractivity contribution is 7.08. The highest BCUT2D eigenvalue weighted by Crippen LogP contribution is 2.32. The number of thiophene rings is 1. The Labute approximate surface area is 221 Å². The topological polar surface area (TPSA) is 73.5 Å². The summed E-state index contributed by atoms with van der Waals surface area (Å²) >= 11 is 1.63. The molecule has 2 aromatic heterocycles. The number of carbonyl (C=O) groups is 1. The van der Waals surface area contributed by atoms with Crippen LogP contribution in [-0.4, -0.2) is 65.2 Å². The third-order valence-corrected chi connectivity index (χ3v) is 8.24. The van der Waals surface area contributed by atoms with Gasteiger partial charge >= 0.3 is 0 Å². The first-order valence-electron chi connectivity index (χ1n) is 13.1. The quantitative estimate of drug-likeness (QED) is 0.338. The predicted molar refractivity (Wildman–Crippen MR) is 149 cm³/mol. The number of hydrogen-bond acceptors (Lipinski definition) is 6. The van der Waals surface area contributed by atoms with Crippen LogP contribution in [-0.2, 0) is 4.79 Å². The molecule has 1 atom stereocenters. The van der Waals surface area contributed by atoms with E-state index in [0.29, 0.717) is 0 Å². The molecule has 6 rings (SSSR count). The zero-order valence-electron chi connectivity index (χ0n) is 21.2. The van der Waals surface area contributed by atoms with Crippen LogP contribution >= 0.6 is 11.3 Å². The van der Waals surface area contributed by atoms with Gasteiger partial charge in [0, 0.05) is 29.7 Å². The first kappa shape index (κ1) is 24.2. The minimum Gasteiger partial charge on any atom is -0.490 e. The van der Waals surface area contributed by atoms with E-state index in [2.05, 4.69) is 55.9 Å². The van der Waals surface area contributed by atoms with Crippen molar-refractivity contribution in [3.63, 3.8) is 0 Å². The van der Waals surface area contributed by atoms with E-state index in [-0.39, 0.29) is 18.1 Å². The van der Waals surface area contributed by atoms with Gasteiger partial charge in [0.2, 0.25) is 5.91 Å². The number of aromatic nitrogens is 2. The second-order valence-corrected chi connectivity index (χ2v) is 10.9. The molecule has 1 amide bonds. The Bertz CT molecular complexity index is 1340. The molecule has 2 aromatic carbocycles. The van der Waals surface area contributed by atoms with Crippen LogP contribution in [0, 0.1) is 0 Å². The maximum Gasteiger partial charge on any atom is 0.246 e. The van der Waals surface area contributed by atoms with E-state index in [1.165, 1.54) is 0 Å². The Morgan fingerprint density at radius 1 is 1.08 bits per heavy atom. The van der Waals surface area contributed by atoms with Crippen LogP contribution in [0.2, 0.25) is 0 Å². The molecular weight excluding hydrogens is 482 g/mol. The van der Waals surface area contributed by atoms with Gasteiger partial charge in [0.05, 0.1) is 11.2 Å². The Morgan fingerprint density at radius 2 is 1.86 bits per heavy atom. The van der Waals surface area contributed by atoms with Crippen molar-refractivity contribution >= 4 is 33.8 Å². The second kappa shape index (κ2) is 10.7. The number of carbonyl (C=O) groups excluding carboxylic acids is 1. The van der Waals surface area contributed by atoms with Crippen molar-refractivity contribution in [2.45, 2.75) is 37.8 Å². The van der Waals surface area contributed by atoms with Crippen LogP contribution in [0.1, 0.15) is 37.3 Å². The van der Waals surface area contributed by atoms with Crippen LogP contribution in [0.25, 0.3) is 22.2 Å². The summed E-state index contributed by atoms with van der Waals surface area (Å²) in [6, 6.07) is 15.9. The van der Waals surface area contributed by atoms with E-state index in [9.17, 15) is 4.79 Å². The van der Waals surface area contributed by atoms with Crippen molar-refractivity contribution < 1.29 is 9.53 Å². The molecule has 2 aliphatic rings. The number of amides is 1. The van der Waals surface area contributed by atoms with Crippen molar-refractivity contribution in [3.8, 4) is 17.0 Å². The van der Waals surface area contributed by atoms with E-state index >= 15 is 0 Å². The molecule has 8 heteroatoms. The molecule has 2 fully saturated rings. The molecule has 4 heterocycles. The van der Waals surface area contributed by atoms with Crippen molar-refractivity contribution in [3.05, 3.63) is 64.9 Å². The maximum absolute atomic E-state index is 13.5. The number of benzene rings is 2. The van der Waals surface area contributed by atoms with Crippen molar-refractivity contribution in [2.75, 3.05) is 38.5 Å². The summed E-state index contributed by atoms with van der Waals surface area (Å²) < 4.78 is 6.22. The fourth-order valence-corrected chi connectivity index (χ4v) is 6.15. The van der Waals surface area contributed by atoms with E-state index in [0.717, 1.165) is 91.0 Å². The third kappa shape index (κ3) is 5.28. The molecule has 1 unspecified atom stereocenters. The van der Waals surface area contributed by atoms with Gasteiger partial charge in [-0.05, 0) is 111 Å². The summed E-state index contributed by atoms with van der Waals surface area (Å²) in [6.45, 7) is 4.06. The number of likely N-dealkylation sites (tertiary alicyclic amines) is 2. The van der Waals surface area contributed by atoms with E-state index in [1.807, 2.05) is 35.7 Å². The van der Waals surface area contributed by atoms with E-state index in [4.69, 9.17) is 4.74 Å². The minimum atomic E-state index is -0.259. The molecule has 0 aliphatic carbocycles. The molecule has 0 spiro atoms. The molecule has 0 radical (unpaired) electrons. The fourth-order valence-electron chi connectivity index (χ4n) is 5.47. The Morgan fingerprint density at radius 3 is 2.59 bits per heavy atom. The molecule has 2 aliphatic heterocycles. The van der Waals surface area contributed by atoms with Crippen LogP contribution in [0.5, 0.6) is 5.75 Å². The number of piperidine rings is 1. The SMILES string of the molecule is CN1CCC(Oc2ccc(-c3n[nH]c4ccc(NC(=O)C(c5ccsc5)N5CCCC5)cc34)cc2)CC1. The molecule has 192 valence electrons. The first-order valence-corrected chi connectivity index (χ1v) is 14.1. The number of aromatic amines is 1. The molecule has 4 aromatic rings. The lowest BCUT2D eigenvalue weighted by Crippen LogP contribution is -2.35. The average molecular weight is 516 g/mol. The second-order valence-electron chi connectivity index (χ2n) is 10.2. The zero-order valence-corrected chi connectivity index (χ0v) is 22.0. The Balaban J connectivity index is 1.20. The van der Waals surface area contributed by atoms with Gasteiger partial charge in [-0.15, -0.1) is 0 Å². The third-order valence-electron chi connectivity index (χ3n) is 7.54. The molecule has 2 N–H and O–H groups in total. The molecule has 37 heavy (non-hydrogen) atoms. The highest BCUT2D eigenvalue weighted by atomic mass is 32.1. The molecule has 2 saturated heterocycles. The number of anilines is 1. The van der Waals surface area contributed by atoms with Gasteiger partial charge in [-0.1, -0.05) is 0 Å². The maximum atomic E-state index is 13.5. The van der Waals surface area contributed by atoms with Gasteiger partial charge in [-0.3, -0.25) is 14.8 Å². The summed E-state index contributed by atoms with van der Waals surface area (Å²) in [5, 5.41) is 16.0. The van der Waals surface area contributed by atoms with Gasteiger partial charge in [0.1, 0.15) is 17.9 Å². The number of ether oxygens (including phenoxy) is 1. The summed E-state index contributed by atoms with van der Waals surface area (Å²) in [5.74, 6) is 0.910. The number of nitrogens with zero attached hydrogens (tertiary/aromatic N) is 3. The van der Waals surface area contributed by atoms with Crippen molar-refractivity contribution in [1.29, 1.82) is 0 Å². The first-order chi connectivity index (χ1) is 18.1. The molecule has 0 bridgehead atoms. The summed E-state index contributed by atoms with van der Waals surface area (Å²) in [5.41, 5.74) is 4.66. The molecule has 0 saturated carbocycles. The smallest absolute Gasteiger partial charge is 0.246 e. The number of rotatable bonds is 7. The lowest BCUT2D eigenvalue weighted by Gasteiger charge is -2.29. The van der Waals surface area contributed by atoms with Crippen LogP contribution in [0.3, 0.4) is 0 Å². The van der Waals surface area contributed by atoms with Gasteiger partial charge < -0.3 is 15.0 Å². The summed E-state index contributed by atoms with van der Waals surface area (Å²) in [7, 11) is 2.16. The number of nitrogens with one attached hydrogen (secondary N) is 2. The lowest BCUT2D eigenvalue weighted by molar-refractivity contribution is -0.121. The van der Waals surface area contributed by atoms with Crippen LogP contribution < -0.4 is 10.1 Å². The standard InChI is InChI=1S/C29H33N5O2S/c1-33-15-10-24(11-16-33)36-23-7-4-20(5-8-23)27-25-18-22(6-9-26(25)31-32-27)30-29(35)28(21-12-17-37-19-21)34-13-2-3-14-34/h4-9,12,17-19,24,28H,2-3,10-11,13-16H2,1H3,(H,30,35)(H,31,32). The minimum absolute atomic E-state index is 0.0140. The average Bonchev–Trinajstić information content (AvgIpc) is 3.69. The van der Waals surface area contributed by atoms with Crippen LogP contribution in [0.4, 0.5) is 5.69 Å². The van der Waals surface area contributed by atoms with E-state index in [1.54, 1.807) is 11.3 Å². The number of hydrogen-bond donors (Lipinski definition) is 2. The highest BCUT2D eigenvalue weighted by Gasteiger charge is 2.30. The lowest BCUT2D eigenvalue weighted by atomic mass is 10.1. The fraction of sp³-hybridized carbons (Fsp3) is 0.379. The summed E-state index contributed by atoms with van der Waals surface area (Å²) in [4.78, 5) is 18.1. The largest absolute Gasteiger partial charge is 0.490 e. The predicted octanol–water partition coefficient (Wildman–Crippen LogP) is 5.54. The van der Waals surface area contributed by atoms with Gasteiger partial charge in [0.15, 0.2) is 0 Å². The van der Waals surface area contributed by atoms with Gasteiger partial charge in [-0.25, -0.2) is 0 Å². The summed E-state index contributed by atoms with van der Waals surface area (Å²) in [6.07, 6.45) is 4.67. The Hall–Kier alpha value is -3.20. The van der Waals surface area contributed by atoms with Crippen molar-refractivity contribution in [1.82, 2.24) is 20.0 Å². The zero-order chi connectivity index (χ0) is 25.2. The number of fused-ring (bicyclic) bond motifs is 1. The van der Waals surface area contributed by atoms with Gasteiger partial charge in [-0.2, -0.15) is 16.4 Å². The molecular formula is C29H33N5O2S.